The lowest BCUT2D eigenvalue weighted by Crippen LogP contribution is -2.26. The van der Waals surface area contributed by atoms with Crippen molar-refractivity contribution in [2.75, 3.05) is 29.7 Å². The average molecular weight is 240 g/mol. The number of nitrogen functional groups attached to an aromatic ring is 1. The van der Waals surface area contributed by atoms with Gasteiger partial charge in [0.05, 0.1) is 7.11 Å². The maximum atomic E-state index is 5.59. The summed E-state index contributed by atoms with van der Waals surface area (Å²) in [5.74, 6) is 3.86. The Hall–Kier alpha value is -1.17. The van der Waals surface area contributed by atoms with Gasteiger partial charge in [-0.2, -0.15) is 21.7 Å². The molecule has 16 heavy (non-hydrogen) atoms. The second-order valence-electron chi connectivity index (χ2n) is 3.71. The van der Waals surface area contributed by atoms with Gasteiger partial charge < -0.3 is 15.8 Å². The van der Waals surface area contributed by atoms with Gasteiger partial charge in [-0.15, -0.1) is 0 Å². The van der Waals surface area contributed by atoms with Crippen LogP contribution in [-0.2, 0) is 0 Å². The van der Waals surface area contributed by atoms with E-state index >= 15 is 0 Å². The Labute approximate surface area is 99.2 Å². The first-order chi connectivity index (χ1) is 7.78. The molecule has 2 rings (SSSR count). The summed E-state index contributed by atoms with van der Waals surface area (Å²) in [6, 6.07) is 2.24. The van der Waals surface area contributed by atoms with Crippen molar-refractivity contribution in [2.24, 2.45) is 0 Å². The number of rotatable bonds is 3. The number of ether oxygens (including phenoxy) is 1. The lowest BCUT2D eigenvalue weighted by molar-refractivity contribution is 0.398. The quantitative estimate of drug-likeness (QED) is 0.831. The van der Waals surface area contributed by atoms with E-state index in [0.717, 1.165) is 11.6 Å². The van der Waals surface area contributed by atoms with Crippen molar-refractivity contribution in [1.29, 1.82) is 0 Å². The molecule has 0 aromatic carbocycles. The van der Waals surface area contributed by atoms with Crippen LogP contribution in [0, 0.1) is 0 Å². The SMILES string of the molecule is COc1cc(NC2CCCSC2)nc(N)n1. The standard InChI is InChI=1S/C10H16N4OS/c1-15-9-5-8(13-10(11)14-9)12-7-3-2-4-16-6-7/h5,7H,2-4,6H2,1H3,(H3,11,12,13,14). The molecule has 0 saturated carbocycles. The second kappa shape index (κ2) is 5.25. The third-order valence-corrected chi connectivity index (χ3v) is 3.66. The van der Waals surface area contributed by atoms with Crippen LogP contribution in [0.25, 0.3) is 0 Å². The van der Waals surface area contributed by atoms with Crippen molar-refractivity contribution in [3.8, 4) is 5.88 Å². The summed E-state index contributed by atoms with van der Waals surface area (Å²) < 4.78 is 5.05. The van der Waals surface area contributed by atoms with Gasteiger partial charge in [0.1, 0.15) is 5.82 Å². The first-order valence-electron chi connectivity index (χ1n) is 5.31. The van der Waals surface area contributed by atoms with Gasteiger partial charge in [0.25, 0.3) is 0 Å². The third kappa shape index (κ3) is 2.91. The molecule has 1 aromatic heterocycles. The van der Waals surface area contributed by atoms with Crippen LogP contribution in [0.15, 0.2) is 6.07 Å². The summed E-state index contributed by atoms with van der Waals surface area (Å²) in [5.41, 5.74) is 5.59. The van der Waals surface area contributed by atoms with Gasteiger partial charge >= 0.3 is 0 Å². The molecule has 6 heteroatoms. The molecule has 5 nitrogen and oxygen atoms in total. The van der Waals surface area contributed by atoms with Crippen LogP contribution in [0.2, 0.25) is 0 Å². The van der Waals surface area contributed by atoms with Crippen molar-refractivity contribution >= 4 is 23.5 Å². The lowest BCUT2D eigenvalue weighted by Gasteiger charge is -2.23. The van der Waals surface area contributed by atoms with Gasteiger partial charge in [-0.05, 0) is 18.6 Å². The van der Waals surface area contributed by atoms with Gasteiger partial charge in [0, 0.05) is 17.9 Å². The molecule has 2 heterocycles. The number of hydrogen-bond acceptors (Lipinski definition) is 6. The molecule has 3 N–H and O–H groups in total. The van der Waals surface area contributed by atoms with E-state index in [1.54, 1.807) is 13.2 Å². The van der Waals surface area contributed by atoms with Gasteiger partial charge in [-0.3, -0.25) is 0 Å². The summed E-state index contributed by atoms with van der Waals surface area (Å²) in [7, 11) is 1.57. The Morgan fingerprint density at radius 1 is 1.56 bits per heavy atom. The van der Waals surface area contributed by atoms with E-state index in [1.165, 1.54) is 18.6 Å². The molecule has 1 aromatic rings. The highest BCUT2D eigenvalue weighted by Gasteiger charge is 2.14. The Balaban J connectivity index is 2.04. The fourth-order valence-electron chi connectivity index (χ4n) is 1.69. The van der Waals surface area contributed by atoms with E-state index < -0.39 is 0 Å². The van der Waals surface area contributed by atoms with Crippen molar-refractivity contribution in [2.45, 2.75) is 18.9 Å². The van der Waals surface area contributed by atoms with Gasteiger partial charge in [0.2, 0.25) is 11.8 Å². The zero-order valence-electron chi connectivity index (χ0n) is 9.27. The predicted molar refractivity (Wildman–Crippen MR) is 67.0 cm³/mol. The molecule has 88 valence electrons. The van der Waals surface area contributed by atoms with Crippen LogP contribution >= 0.6 is 11.8 Å². The monoisotopic (exact) mass is 240 g/mol. The highest BCUT2D eigenvalue weighted by atomic mass is 32.2. The molecule has 0 spiro atoms. The average Bonchev–Trinajstić information content (AvgIpc) is 2.29. The molecule has 1 fully saturated rings. The van der Waals surface area contributed by atoms with Crippen molar-refractivity contribution in [3.05, 3.63) is 6.07 Å². The van der Waals surface area contributed by atoms with E-state index in [-0.39, 0.29) is 5.95 Å². The van der Waals surface area contributed by atoms with Crippen molar-refractivity contribution < 1.29 is 4.74 Å². The molecule has 1 unspecified atom stereocenters. The van der Waals surface area contributed by atoms with E-state index in [9.17, 15) is 0 Å². The zero-order chi connectivity index (χ0) is 11.4. The smallest absolute Gasteiger partial charge is 0.225 e. The highest BCUT2D eigenvalue weighted by molar-refractivity contribution is 7.99. The van der Waals surface area contributed by atoms with Crippen molar-refractivity contribution in [3.63, 3.8) is 0 Å². The van der Waals surface area contributed by atoms with Crippen LogP contribution in [0.5, 0.6) is 5.88 Å². The van der Waals surface area contributed by atoms with Gasteiger partial charge in [0.15, 0.2) is 0 Å². The molecule has 0 bridgehead atoms. The predicted octanol–water partition coefficient (Wildman–Crippen LogP) is 1.37. The molecule has 1 aliphatic heterocycles. The largest absolute Gasteiger partial charge is 0.481 e. The van der Waals surface area contributed by atoms with Crippen LogP contribution in [0.1, 0.15) is 12.8 Å². The molecular formula is C10H16N4OS. The summed E-state index contributed by atoms with van der Waals surface area (Å²) in [5, 5.41) is 3.36. The number of nitrogens with one attached hydrogen (secondary N) is 1. The number of thioether (sulfide) groups is 1. The minimum atomic E-state index is 0.241. The van der Waals surface area contributed by atoms with E-state index in [2.05, 4.69) is 15.3 Å². The summed E-state index contributed by atoms with van der Waals surface area (Å²) in [6.45, 7) is 0. The van der Waals surface area contributed by atoms with Crippen LogP contribution in [-0.4, -0.2) is 34.6 Å². The Bertz CT molecular complexity index is 355. The maximum absolute atomic E-state index is 5.59. The number of aromatic nitrogens is 2. The van der Waals surface area contributed by atoms with Crippen LogP contribution in [0.3, 0.4) is 0 Å². The molecule has 0 amide bonds. The first-order valence-corrected chi connectivity index (χ1v) is 6.46. The minimum absolute atomic E-state index is 0.241. The molecule has 0 radical (unpaired) electrons. The summed E-state index contributed by atoms with van der Waals surface area (Å²) in [6.07, 6.45) is 2.43. The second-order valence-corrected chi connectivity index (χ2v) is 4.86. The Morgan fingerprint density at radius 3 is 3.12 bits per heavy atom. The molecule has 1 atom stereocenters. The number of anilines is 2. The minimum Gasteiger partial charge on any atom is -0.481 e. The van der Waals surface area contributed by atoms with Gasteiger partial charge in [-0.25, -0.2) is 0 Å². The number of hydrogen-bond donors (Lipinski definition) is 2. The topological polar surface area (TPSA) is 73.1 Å². The molecule has 0 aliphatic carbocycles. The van der Waals surface area contributed by atoms with Gasteiger partial charge in [-0.1, -0.05) is 0 Å². The third-order valence-electron chi connectivity index (χ3n) is 2.44. The number of nitrogens with two attached hydrogens (primary N) is 1. The Morgan fingerprint density at radius 2 is 2.44 bits per heavy atom. The van der Waals surface area contributed by atoms with Crippen molar-refractivity contribution in [1.82, 2.24) is 9.97 Å². The first kappa shape index (κ1) is 11.3. The fourth-order valence-corrected chi connectivity index (χ4v) is 2.76. The van der Waals surface area contributed by atoms with E-state index in [4.69, 9.17) is 10.5 Å². The Kier molecular flexibility index (Phi) is 3.71. The summed E-state index contributed by atoms with van der Waals surface area (Å²) >= 11 is 1.97. The van der Waals surface area contributed by atoms with E-state index in [0.29, 0.717) is 11.9 Å². The normalized spacial score (nSPS) is 20.4. The van der Waals surface area contributed by atoms with E-state index in [1.807, 2.05) is 11.8 Å². The zero-order valence-corrected chi connectivity index (χ0v) is 10.1. The fraction of sp³-hybridized carbons (Fsp3) is 0.600. The number of nitrogens with zero attached hydrogens (tertiary/aromatic N) is 2. The van der Waals surface area contributed by atoms with Crippen LogP contribution in [0.4, 0.5) is 11.8 Å². The summed E-state index contributed by atoms with van der Waals surface area (Å²) in [4.78, 5) is 8.09. The maximum Gasteiger partial charge on any atom is 0.225 e. The lowest BCUT2D eigenvalue weighted by atomic mass is 10.2. The molecular weight excluding hydrogens is 224 g/mol. The molecule has 1 aliphatic rings. The van der Waals surface area contributed by atoms with Crippen LogP contribution < -0.4 is 15.8 Å². The number of methoxy groups -OCH3 is 1. The molecule has 1 saturated heterocycles. The highest BCUT2D eigenvalue weighted by Crippen LogP contribution is 2.21.